The van der Waals surface area contributed by atoms with Gasteiger partial charge in [0.15, 0.2) is 0 Å². The molecule has 3 N–H and O–H groups in total. The fourth-order valence-electron chi connectivity index (χ4n) is 1.00. The lowest BCUT2D eigenvalue weighted by Gasteiger charge is -2.17. The first-order valence-corrected chi connectivity index (χ1v) is 5.48. The van der Waals surface area contributed by atoms with Crippen molar-refractivity contribution in [3.63, 3.8) is 0 Å². The lowest BCUT2D eigenvalue weighted by atomic mass is 10.4. The highest BCUT2D eigenvalue weighted by molar-refractivity contribution is 4.55. The van der Waals surface area contributed by atoms with Crippen molar-refractivity contribution in [3.05, 3.63) is 0 Å². The first kappa shape index (κ1) is 15.4. The molecular weight excluding hydrogens is 162 g/mol. The Bertz CT molecular complexity index is 72.6. The summed E-state index contributed by atoms with van der Waals surface area (Å²) in [5, 5.41) is 3.27. The summed E-state index contributed by atoms with van der Waals surface area (Å²) in [5.41, 5.74) is 5.33. The topological polar surface area (TPSA) is 41.3 Å². The zero-order chi connectivity index (χ0) is 10.5. The molecule has 0 aliphatic rings. The number of rotatable bonds is 7. The van der Waals surface area contributed by atoms with Gasteiger partial charge in [-0.3, -0.25) is 0 Å². The molecule has 0 heterocycles. The van der Waals surface area contributed by atoms with Gasteiger partial charge in [-0.1, -0.05) is 27.7 Å². The lowest BCUT2D eigenvalue weighted by Crippen LogP contribution is -2.33. The Labute approximate surface area is 83.7 Å². The van der Waals surface area contributed by atoms with Crippen LogP contribution in [0, 0.1) is 0 Å². The predicted molar refractivity (Wildman–Crippen MR) is 61.1 cm³/mol. The number of nitrogens with zero attached hydrogens (tertiary/aromatic N) is 1. The summed E-state index contributed by atoms with van der Waals surface area (Å²) in [6, 6.07) is 0. The van der Waals surface area contributed by atoms with Gasteiger partial charge >= 0.3 is 0 Å². The maximum absolute atomic E-state index is 5.33. The van der Waals surface area contributed by atoms with Crippen molar-refractivity contribution in [1.29, 1.82) is 0 Å². The molecule has 0 saturated heterocycles. The van der Waals surface area contributed by atoms with E-state index < -0.39 is 0 Å². The smallest absolute Gasteiger partial charge is 0.0107 e. The Morgan fingerprint density at radius 3 is 2.00 bits per heavy atom. The van der Waals surface area contributed by atoms with Crippen molar-refractivity contribution >= 4 is 0 Å². The van der Waals surface area contributed by atoms with Crippen LogP contribution in [0.4, 0.5) is 0 Å². The van der Waals surface area contributed by atoms with Gasteiger partial charge in [-0.25, -0.2) is 0 Å². The molecule has 0 aliphatic carbocycles. The highest BCUT2D eigenvalue weighted by Gasteiger charge is 1.95. The molecule has 0 saturated carbocycles. The van der Waals surface area contributed by atoms with E-state index in [0.29, 0.717) is 0 Å². The van der Waals surface area contributed by atoms with E-state index in [1.54, 1.807) is 0 Å². The SMILES string of the molecule is CC.CCN(CC)CCNCCN. The van der Waals surface area contributed by atoms with Gasteiger partial charge in [-0.15, -0.1) is 0 Å². The molecule has 0 atom stereocenters. The molecule has 0 radical (unpaired) electrons. The predicted octanol–water partition coefficient (Wildman–Crippen LogP) is 0.903. The van der Waals surface area contributed by atoms with E-state index in [-0.39, 0.29) is 0 Å². The van der Waals surface area contributed by atoms with Crippen LogP contribution < -0.4 is 11.1 Å². The first-order chi connectivity index (χ1) is 6.35. The van der Waals surface area contributed by atoms with Gasteiger partial charge in [0.25, 0.3) is 0 Å². The fraction of sp³-hybridized carbons (Fsp3) is 1.00. The van der Waals surface area contributed by atoms with Gasteiger partial charge in [0, 0.05) is 26.2 Å². The van der Waals surface area contributed by atoms with E-state index in [2.05, 4.69) is 24.1 Å². The van der Waals surface area contributed by atoms with Crippen LogP contribution in [0.3, 0.4) is 0 Å². The number of hydrogen-bond acceptors (Lipinski definition) is 3. The summed E-state index contributed by atoms with van der Waals surface area (Å²) in [7, 11) is 0. The van der Waals surface area contributed by atoms with Gasteiger partial charge in [0.05, 0.1) is 0 Å². The quantitative estimate of drug-likeness (QED) is 0.585. The van der Waals surface area contributed by atoms with Crippen LogP contribution in [0.25, 0.3) is 0 Å². The molecule has 3 heteroatoms. The summed E-state index contributed by atoms with van der Waals surface area (Å²) in [4.78, 5) is 2.39. The molecule has 0 aliphatic heterocycles. The summed E-state index contributed by atoms with van der Waals surface area (Å²) in [5.74, 6) is 0. The maximum atomic E-state index is 5.33. The van der Waals surface area contributed by atoms with Crippen LogP contribution in [0.5, 0.6) is 0 Å². The minimum Gasteiger partial charge on any atom is -0.329 e. The van der Waals surface area contributed by atoms with Crippen LogP contribution in [-0.4, -0.2) is 44.2 Å². The van der Waals surface area contributed by atoms with Crippen LogP contribution in [0.15, 0.2) is 0 Å². The number of hydrogen-bond donors (Lipinski definition) is 2. The van der Waals surface area contributed by atoms with E-state index in [9.17, 15) is 0 Å². The third-order valence-corrected chi connectivity index (χ3v) is 1.82. The third kappa shape index (κ3) is 11.9. The van der Waals surface area contributed by atoms with Crippen molar-refractivity contribution < 1.29 is 0 Å². The van der Waals surface area contributed by atoms with E-state index in [4.69, 9.17) is 5.73 Å². The molecule has 0 aromatic heterocycles. The van der Waals surface area contributed by atoms with Crippen molar-refractivity contribution in [2.45, 2.75) is 27.7 Å². The Hall–Kier alpha value is -0.120. The molecule has 0 rings (SSSR count). The van der Waals surface area contributed by atoms with Gasteiger partial charge < -0.3 is 16.0 Å². The molecule has 82 valence electrons. The molecule has 0 spiro atoms. The summed E-state index contributed by atoms with van der Waals surface area (Å²) >= 11 is 0. The highest BCUT2D eigenvalue weighted by Crippen LogP contribution is 1.83. The average molecular weight is 189 g/mol. The maximum Gasteiger partial charge on any atom is 0.0107 e. The molecule has 0 amide bonds. The van der Waals surface area contributed by atoms with Crippen LogP contribution in [0.2, 0.25) is 0 Å². The van der Waals surface area contributed by atoms with E-state index in [1.807, 2.05) is 13.8 Å². The minimum atomic E-state index is 0.734. The normalized spacial score (nSPS) is 9.69. The van der Waals surface area contributed by atoms with Crippen LogP contribution in [-0.2, 0) is 0 Å². The Morgan fingerprint density at radius 1 is 1.08 bits per heavy atom. The van der Waals surface area contributed by atoms with Crippen molar-refractivity contribution in [3.8, 4) is 0 Å². The average Bonchev–Trinajstić information content (AvgIpc) is 2.21. The summed E-state index contributed by atoms with van der Waals surface area (Å²) in [6.45, 7) is 14.5. The second-order valence-corrected chi connectivity index (χ2v) is 2.57. The number of likely N-dealkylation sites (N-methyl/N-ethyl adjacent to an activating group) is 1. The summed E-state index contributed by atoms with van der Waals surface area (Å²) < 4.78 is 0. The lowest BCUT2D eigenvalue weighted by molar-refractivity contribution is 0.303. The van der Waals surface area contributed by atoms with E-state index in [0.717, 1.165) is 39.3 Å². The van der Waals surface area contributed by atoms with Gasteiger partial charge in [0.2, 0.25) is 0 Å². The molecular formula is C10H27N3. The third-order valence-electron chi connectivity index (χ3n) is 1.82. The molecule has 13 heavy (non-hydrogen) atoms. The zero-order valence-electron chi connectivity index (χ0n) is 9.77. The minimum absolute atomic E-state index is 0.734. The first-order valence-electron chi connectivity index (χ1n) is 5.48. The Balaban J connectivity index is 0. The van der Waals surface area contributed by atoms with Crippen molar-refractivity contribution in [2.24, 2.45) is 5.73 Å². The zero-order valence-corrected chi connectivity index (χ0v) is 9.77. The monoisotopic (exact) mass is 189 g/mol. The molecule has 0 bridgehead atoms. The molecule has 0 aromatic rings. The van der Waals surface area contributed by atoms with Gasteiger partial charge in [-0.2, -0.15) is 0 Å². The Kier molecular flexibility index (Phi) is 17.0. The number of nitrogens with one attached hydrogen (secondary N) is 1. The molecule has 3 nitrogen and oxygen atoms in total. The van der Waals surface area contributed by atoms with Crippen molar-refractivity contribution in [2.75, 3.05) is 39.3 Å². The largest absolute Gasteiger partial charge is 0.329 e. The van der Waals surface area contributed by atoms with E-state index >= 15 is 0 Å². The van der Waals surface area contributed by atoms with Gasteiger partial charge in [0.1, 0.15) is 0 Å². The highest BCUT2D eigenvalue weighted by atomic mass is 15.1. The molecule has 0 aromatic carbocycles. The van der Waals surface area contributed by atoms with Crippen LogP contribution >= 0.6 is 0 Å². The fourth-order valence-corrected chi connectivity index (χ4v) is 1.00. The second kappa shape index (κ2) is 14.4. The van der Waals surface area contributed by atoms with Gasteiger partial charge in [-0.05, 0) is 13.1 Å². The Morgan fingerprint density at radius 2 is 1.62 bits per heavy atom. The number of nitrogens with two attached hydrogens (primary N) is 1. The van der Waals surface area contributed by atoms with E-state index in [1.165, 1.54) is 0 Å². The van der Waals surface area contributed by atoms with Crippen LogP contribution in [0.1, 0.15) is 27.7 Å². The molecule has 0 fully saturated rings. The standard InChI is InChI=1S/C8H21N3.C2H6/c1-3-11(4-2)8-7-10-6-5-9;1-2/h10H,3-9H2,1-2H3;1-2H3. The summed E-state index contributed by atoms with van der Waals surface area (Å²) in [6.07, 6.45) is 0. The second-order valence-electron chi connectivity index (χ2n) is 2.57. The molecule has 0 unspecified atom stereocenters. The van der Waals surface area contributed by atoms with Crippen molar-refractivity contribution in [1.82, 2.24) is 10.2 Å².